The van der Waals surface area contributed by atoms with Crippen LogP contribution in [0.2, 0.25) is 0 Å². The summed E-state index contributed by atoms with van der Waals surface area (Å²) in [6.07, 6.45) is 0. The van der Waals surface area contributed by atoms with E-state index >= 15 is 0 Å². The monoisotopic (exact) mass is 624 g/mol. The lowest BCUT2D eigenvalue weighted by Gasteiger charge is -2.12. The fraction of sp³-hybridized carbons (Fsp3) is 0. The average Bonchev–Trinajstić information content (AvgIpc) is 3.56. The zero-order chi connectivity index (χ0) is 32.3. The van der Waals surface area contributed by atoms with Gasteiger partial charge in [-0.2, -0.15) is 0 Å². The Kier molecular flexibility index (Phi) is 6.18. The Labute approximate surface area is 282 Å². The molecule has 0 unspecified atom stereocenters. The number of rotatable bonds is 4. The summed E-state index contributed by atoms with van der Waals surface area (Å²) in [6, 6.07) is 59.7. The molecule has 0 aliphatic heterocycles. The molecule has 49 heavy (non-hydrogen) atoms. The molecule has 0 spiro atoms. The smallest absolute Gasteiger partial charge is 0.161 e. The Bertz CT molecular complexity index is 2870. The van der Waals surface area contributed by atoms with Gasteiger partial charge in [-0.1, -0.05) is 146 Å². The number of para-hydroxylation sites is 1. The minimum absolute atomic E-state index is 0.697. The summed E-state index contributed by atoms with van der Waals surface area (Å²) in [4.78, 5) is 10.4. The van der Waals surface area contributed by atoms with E-state index in [2.05, 4.69) is 152 Å². The predicted octanol–water partition coefficient (Wildman–Crippen LogP) is 12.5. The van der Waals surface area contributed by atoms with Crippen LogP contribution in [0.1, 0.15) is 0 Å². The standard InChI is InChI=1S/C46H28N2O/c1-2-12-32(13-3-1)44-38-17-8-9-19-41(38)47-46(48-44)39-28-40-43-35(18-10-20-42(43)49-45(40)37-16-7-6-15-36(37)39)31-24-21-30(22-25-31)34-26-23-29-11-4-5-14-33(29)27-34/h1-28H. The van der Waals surface area contributed by atoms with Crippen molar-refractivity contribution in [1.29, 1.82) is 0 Å². The Morgan fingerprint density at radius 2 is 1.08 bits per heavy atom. The lowest BCUT2D eigenvalue weighted by atomic mass is 9.94. The van der Waals surface area contributed by atoms with E-state index < -0.39 is 0 Å². The van der Waals surface area contributed by atoms with E-state index in [9.17, 15) is 0 Å². The van der Waals surface area contributed by atoms with E-state index in [0.717, 1.165) is 71.6 Å². The molecule has 0 atom stereocenters. The predicted molar refractivity (Wildman–Crippen MR) is 204 cm³/mol. The maximum absolute atomic E-state index is 6.68. The lowest BCUT2D eigenvalue weighted by Crippen LogP contribution is -1.96. The maximum Gasteiger partial charge on any atom is 0.161 e. The summed E-state index contributed by atoms with van der Waals surface area (Å²) in [6.45, 7) is 0. The molecule has 0 saturated carbocycles. The zero-order valence-corrected chi connectivity index (χ0v) is 26.5. The summed E-state index contributed by atoms with van der Waals surface area (Å²) in [7, 11) is 0. The third-order valence-corrected chi connectivity index (χ3v) is 9.67. The van der Waals surface area contributed by atoms with E-state index in [4.69, 9.17) is 14.4 Å². The highest BCUT2D eigenvalue weighted by atomic mass is 16.3. The van der Waals surface area contributed by atoms with Gasteiger partial charge >= 0.3 is 0 Å². The van der Waals surface area contributed by atoms with Crippen LogP contribution < -0.4 is 0 Å². The molecule has 2 aromatic heterocycles. The molecule has 10 rings (SSSR count). The highest BCUT2D eigenvalue weighted by molar-refractivity contribution is 6.22. The molecule has 0 fully saturated rings. The number of hydrogen-bond acceptors (Lipinski definition) is 3. The largest absolute Gasteiger partial charge is 0.455 e. The second-order valence-electron chi connectivity index (χ2n) is 12.5. The van der Waals surface area contributed by atoms with Crippen LogP contribution in [0, 0.1) is 0 Å². The first-order chi connectivity index (χ1) is 24.3. The maximum atomic E-state index is 6.68. The molecule has 0 saturated heterocycles. The molecule has 8 aromatic carbocycles. The van der Waals surface area contributed by atoms with Crippen molar-refractivity contribution in [1.82, 2.24) is 9.97 Å². The highest BCUT2D eigenvalue weighted by Gasteiger charge is 2.20. The van der Waals surface area contributed by atoms with Gasteiger partial charge in [0.25, 0.3) is 0 Å². The van der Waals surface area contributed by atoms with Gasteiger partial charge in [0.2, 0.25) is 0 Å². The van der Waals surface area contributed by atoms with Crippen molar-refractivity contribution in [2.75, 3.05) is 0 Å². The number of benzene rings is 8. The van der Waals surface area contributed by atoms with E-state index in [-0.39, 0.29) is 0 Å². The fourth-order valence-electron chi connectivity index (χ4n) is 7.30. The quantitative estimate of drug-likeness (QED) is 0.196. The average molecular weight is 625 g/mol. The number of nitrogens with zero attached hydrogens (tertiary/aromatic N) is 2. The lowest BCUT2D eigenvalue weighted by molar-refractivity contribution is 0.673. The topological polar surface area (TPSA) is 38.9 Å². The molecular weight excluding hydrogens is 597 g/mol. The summed E-state index contributed by atoms with van der Waals surface area (Å²) in [5, 5.41) is 7.77. The van der Waals surface area contributed by atoms with Crippen LogP contribution in [-0.2, 0) is 0 Å². The Hall–Kier alpha value is -6.58. The molecule has 0 bridgehead atoms. The zero-order valence-electron chi connectivity index (χ0n) is 26.5. The van der Waals surface area contributed by atoms with Gasteiger partial charge in [0, 0.05) is 32.7 Å². The first-order valence-electron chi connectivity index (χ1n) is 16.6. The molecular formula is C46H28N2O. The van der Waals surface area contributed by atoms with Gasteiger partial charge in [-0.15, -0.1) is 0 Å². The summed E-state index contributed by atoms with van der Waals surface area (Å²) in [5.74, 6) is 0.697. The third kappa shape index (κ3) is 4.51. The molecule has 10 aromatic rings. The van der Waals surface area contributed by atoms with Gasteiger partial charge in [-0.05, 0) is 62.7 Å². The van der Waals surface area contributed by atoms with Crippen LogP contribution in [0.4, 0.5) is 0 Å². The molecule has 3 nitrogen and oxygen atoms in total. The minimum atomic E-state index is 0.697. The van der Waals surface area contributed by atoms with E-state index in [1.807, 2.05) is 18.2 Å². The van der Waals surface area contributed by atoms with Crippen LogP contribution in [0.5, 0.6) is 0 Å². The minimum Gasteiger partial charge on any atom is -0.455 e. The molecule has 2 heterocycles. The van der Waals surface area contributed by atoms with Crippen molar-refractivity contribution in [2.45, 2.75) is 0 Å². The summed E-state index contributed by atoms with van der Waals surface area (Å²) in [5.41, 5.74) is 10.3. The molecule has 0 amide bonds. The van der Waals surface area contributed by atoms with Crippen molar-refractivity contribution in [3.8, 4) is 44.9 Å². The van der Waals surface area contributed by atoms with Gasteiger partial charge in [0.1, 0.15) is 11.2 Å². The Morgan fingerprint density at radius 3 is 1.94 bits per heavy atom. The van der Waals surface area contributed by atoms with Crippen LogP contribution in [0.15, 0.2) is 174 Å². The molecule has 3 heteroatoms. The first kappa shape index (κ1) is 27.5. The molecule has 0 aliphatic carbocycles. The number of hydrogen-bond donors (Lipinski definition) is 0. The number of aromatic nitrogens is 2. The first-order valence-corrected chi connectivity index (χ1v) is 16.6. The fourth-order valence-corrected chi connectivity index (χ4v) is 7.30. The van der Waals surface area contributed by atoms with Gasteiger partial charge in [0.15, 0.2) is 5.82 Å². The van der Waals surface area contributed by atoms with Crippen molar-refractivity contribution in [2.24, 2.45) is 0 Å². The van der Waals surface area contributed by atoms with Crippen LogP contribution >= 0.6 is 0 Å². The summed E-state index contributed by atoms with van der Waals surface area (Å²) < 4.78 is 6.68. The van der Waals surface area contributed by atoms with Gasteiger partial charge < -0.3 is 4.42 Å². The SMILES string of the molecule is c1ccc(-c2nc(-c3cc4c(oc5cccc(-c6ccc(-c7ccc8ccccc8c7)cc6)c54)c4ccccc34)nc3ccccc23)cc1. The summed E-state index contributed by atoms with van der Waals surface area (Å²) >= 11 is 0. The van der Waals surface area contributed by atoms with Crippen LogP contribution in [0.25, 0.3) is 99.3 Å². The highest BCUT2D eigenvalue weighted by Crippen LogP contribution is 2.43. The van der Waals surface area contributed by atoms with Crippen molar-refractivity contribution >= 4 is 54.4 Å². The van der Waals surface area contributed by atoms with E-state index in [1.54, 1.807) is 0 Å². The Balaban J connectivity index is 1.18. The van der Waals surface area contributed by atoms with Crippen LogP contribution in [-0.4, -0.2) is 9.97 Å². The number of furan rings is 1. The molecule has 0 aliphatic rings. The second-order valence-corrected chi connectivity index (χ2v) is 12.5. The van der Waals surface area contributed by atoms with E-state index in [1.165, 1.54) is 21.9 Å². The van der Waals surface area contributed by atoms with Gasteiger partial charge in [-0.25, -0.2) is 9.97 Å². The van der Waals surface area contributed by atoms with Gasteiger partial charge in [-0.3, -0.25) is 0 Å². The molecule has 228 valence electrons. The van der Waals surface area contributed by atoms with Crippen LogP contribution in [0.3, 0.4) is 0 Å². The van der Waals surface area contributed by atoms with Crippen molar-refractivity contribution in [3.05, 3.63) is 170 Å². The van der Waals surface area contributed by atoms with Crippen molar-refractivity contribution < 1.29 is 4.42 Å². The van der Waals surface area contributed by atoms with Gasteiger partial charge in [0.05, 0.1) is 11.2 Å². The Morgan fingerprint density at radius 1 is 0.388 bits per heavy atom. The normalized spacial score (nSPS) is 11.7. The number of fused-ring (bicyclic) bond motifs is 7. The third-order valence-electron chi connectivity index (χ3n) is 9.67. The molecule has 0 N–H and O–H groups in total. The second kappa shape index (κ2) is 11.0. The van der Waals surface area contributed by atoms with E-state index in [0.29, 0.717) is 5.82 Å². The molecule has 0 radical (unpaired) electrons. The van der Waals surface area contributed by atoms with Crippen molar-refractivity contribution in [3.63, 3.8) is 0 Å².